The lowest BCUT2D eigenvalue weighted by Gasteiger charge is -1.96. The van der Waals surface area contributed by atoms with Crippen LogP contribution in [0.15, 0.2) is 24.3 Å². The van der Waals surface area contributed by atoms with Crippen molar-refractivity contribution < 1.29 is 4.79 Å². The molecule has 1 aromatic carbocycles. The fraction of sp³-hybridized carbons (Fsp3) is 0.357. The van der Waals surface area contributed by atoms with Crippen LogP contribution in [0.3, 0.4) is 0 Å². The lowest BCUT2D eigenvalue weighted by Crippen LogP contribution is -1.95. The van der Waals surface area contributed by atoms with Crippen LogP contribution in [0.2, 0.25) is 5.02 Å². The smallest absolute Gasteiger partial charge is 0.237 e. The van der Waals surface area contributed by atoms with E-state index in [1.54, 1.807) is 24.3 Å². The Balaban J connectivity index is 2.56. The summed E-state index contributed by atoms with van der Waals surface area (Å²) in [5.41, 5.74) is 0.493. The molecule has 0 heterocycles. The number of carbonyl (C=O) groups excluding carboxylic acids is 1. The predicted octanol–water partition coefficient (Wildman–Crippen LogP) is 4.11. The van der Waals surface area contributed by atoms with Crippen LogP contribution in [0.4, 0.5) is 0 Å². The number of carbonyl (C=O) groups is 1. The first-order valence-corrected chi connectivity index (χ1v) is 5.91. The molecule has 2 heteroatoms. The number of hydrogen-bond donors (Lipinski definition) is 0. The topological polar surface area (TPSA) is 17.1 Å². The summed E-state index contributed by atoms with van der Waals surface area (Å²) in [6, 6.07) is 6.99. The number of benzene rings is 1. The molecule has 0 bridgehead atoms. The van der Waals surface area contributed by atoms with Crippen LogP contribution in [0.25, 0.3) is 0 Å². The molecule has 0 aliphatic heterocycles. The SMILES string of the molecule is CCCCCC#CC(=O)c1ccccc1Cl. The van der Waals surface area contributed by atoms with Gasteiger partial charge in [0, 0.05) is 12.0 Å². The maximum atomic E-state index is 11.6. The summed E-state index contributed by atoms with van der Waals surface area (Å²) in [4.78, 5) is 11.6. The van der Waals surface area contributed by atoms with E-state index in [0.717, 1.165) is 19.3 Å². The molecule has 16 heavy (non-hydrogen) atoms. The molecule has 0 atom stereocenters. The van der Waals surface area contributed by atoms with E-state index < -0.39 is 0 Å². The predicted molar refractivity (Wildman–Crippen MR) is 67.7 cm³/mol. The van der Waals surface area contributed by atoms with Crippen LogP contribution in [0.1, 0.15) is 43.0 Å². The molecule has 0 N–H and O–H groups in total. The minimum absolute atomic E-state index is 0.193. The molecular formula is C14H15ClO. The Bertz CT molecular complexity index is 412. The van der Waals surface area contributed by atoms with Gasteiger partial charge in [-0.1, -0.05) is 49.4 Å². The van der Waals surface area contributed by atoms with Gasteiger partial charge in [0.25, 0.3) is 0 Å². The summed E-state index contributed by atoms with van der Waals surface area (Å²) < 4.78 is 0. The third-order valence-corrected chi connectivity index (χ3v) is 2.56. The molecule has 0 saturated carbocycles. The maximum Gasteiger partial charge on any atom is 0.237 e. The van der Waals surface area contributed by atoms with E-state index in [9.17, 15) is 4.79 Å². The van der Waals surface area contributed by atoms with Gasteiger partial charge in [-0.25, -0.2) is 0 Å². The molecule has 0 unspecified atom stereocenters. The van der Waals surface area contributed by atoms with Crippen molar-refractivity contribution in [2.75, 3.05) is 0 Å². The second-order valence-corrected chi connectivity index (χ2v) is 3.98. The molecule has 1 rings (SSSR count). The Morgan fingerprint density at radius 3 is 2.75 bits per heavy atom. The molecule has 0 aliphatic carbocycles. The number of rotatable bonds is 4. The van der Waals surface area contributed by atoms with Crippen molar-refractivity contribution in [3.63, 3.8) is 0 Å². The van der Waals surface area contributed by atoms with E-state index in [1.165, 1.54) is 6.42 Å². The van der Waals surface area contributed by atoms with Gasteiger partial charge < -0.3 is 0 Å². The first-order chi connectivity index (χ1) is 7.75. The van der Waals surface area contributed by atoms with Crippen LogP contribution < -0.4 is 0 Å². The zero-order valence-corrected chi connectivity index (χ0v) is 10.2. The number of unbranched alkanes of at least 4 members (excludes halogenated alkanes) is 3. The molecule has 0 saturated heterocycles. The van der Waals surface area contributed by atoms with Gasteiger partial charge in [0.1, 0.15) is 0 Å². The molecule has 0 aliphatic rings. The third-order valence-electron chi connectivity index (χ3n) is 2.23. The van der Waals surface area contributed by atoms with Crippen molar-refractivity contribution >= 4 is 17.4 Å². The number of hydrogen-bond acceptors (Lipinski definition) is 1. The first kappa shape index (κ1) is 12.8. The van der Waals surface area contributed by atoms with Crippen molar-refractivity contribution in [1.29, 1.82) is 0 Å². The lowest BCUT2D eigenvalue weighted by atomic mass is 10.1. The zero-order valence-electron chi connectivity index (χ0n) is 9.42. The van der Waals surface area contributed by atoms with E-state index in [0.29, 0.717) is 10.6 Å². The molecule has 1 nitrogen and oxygen atoms in total. The molecule has 0 amide bonds. The first-order valence-electron chi connectivity index (χ1n) is 5.53. The van der Waals surface area contributed by atoms with Crippen LogP contribution in [-0.4, -0.2) is 5.78 Å². The normalized spacial score (nSPS) is 9.38. The summed E-state index contributed by atoms with van der Waals surface area (Å²) in [5.74, 6) is 5.32. The highest BCUT2D eigenvalue weighted by atomic mass is 35.5. The van der Waals surface area contributed by atoms with Gasteiger partial charge in [0.2, 0.25) is 5.78 Å². The Morgan fingerprint density at radius 1 is 1.31 bits per heavy atom. The standard InChI is InChI=1S/C14H15ClO/c1-2-3-4-5-6-11-14(16)12-9-7-8-10-13(12)15/h7-10H,2-5H2,1H3. The summed E-state index contributed by atoms with van der Waals surface area (Å²) in [6.45, 7) is 2.14. The molecule has 0 spiro atoms. The van der Waals surface area contributed by atoms with Gasteiger partial charge >= 0.3 is 0 Å². The number of Topliss-reactive ketones (excluding diaryl/α,β-unsaturated/α-hetero) is 1. The summed E-state index contributed by atoms with van der Waals surface area (Å²) >= 11 is 5.89. The molecule has 0 radical (unpaired) electrons. The highest BCUT2D eigenvalue weighted by Gasteiger charge is 2.05. The Hall–Kier alpha value is -1.26. The Kier molecular flexibility index (Phi) is 5.67. The second kappa shape index (κ2) is 7.09. The van der Waals surface area contributed by atoms with Gasteiger partial charge in [0.05, 0.1) is 5.02 Å². The average Bonchev–Trinajstić information content (AvgIpc) is 2.29. The third kappa shape index (κ3) is 4.08. The van der Waals surface area contributed by atoms with E-state index in [2.05, 4.69) is 18.8 Å². The highest BCUT2D eigenvalue weighted by Crippen LogP contribution is 2.14. The lowest BCUT2D eigenvalue weighted by molar-refractivity contribution is 0.105. The van der Waals surface area contributed by atoms with Crippen LogP contribution >= 0.6 is 11.6 Å². The number of halogens is 1. The van der Waals surface area contributed by atoms with Crippen molar-refractivity contribution in [3.05, 3.63) is 34.9 Å². The van der Waals surface area contributed by atoms with E-state index >= 15 is 0 Å². The molecule has 1 aromatic rings. The van der Waals surface area contributed by atoms with Gasteiger partial charge in [0.15, 0.2) is 0 Å². The van der Waals surface area contributed by atoms with E-state index in [-0.39, 0.29) is 5.78 Å². The van der Waals surface area contributed by atoms with Crippen molar-refractivity contribution in [3.8, 4) is 11.8 Å². The van der Waals surface area contributed by atoms with Gasteiger partial charge in [-0.05, 0) is 24.5 Å². The van der Waals surface area contributed by atoms with Crippen LogP contribution in [0.5, 0.6) is 0 Å². The number of ketones is 1. The minimum Gasteiger partial charge on any atom is -0.279 e. The zero-order chi connectivity index (χ0) is 11.8. The second-order valence-electron chi connectivity index (χ2n) is 3.57. The fourth-order valence-corrected chi connectivity index (χ4v) is 1.54. The van der Waals surface area contributed by atoms with Crippen LogP contribution in [-0.2, 0) is 0 Å². The molecule has 0 aromatic heterocycles. The van der Waals surface area contributed by atoms with Crippen molar-refractivity contribution in [2.45, 2.75) is 32.6 Å². The molecule has 84 valence electrons. The van der Waals surface area contributed by atoms with E-state index in [1.807, 2.05) is 0 Å². The largest absolute Gasteiger partial charge is 0.279 e. The summed E-state index contributed by atoms with van der Waals surface area (Å²) in [6.07, 6.45) is 4.17. The van der Waals surface area contributed by atoms with Gasteiger partial charge in [-0.15, -0.1) is 0 Å². The van der Waals surface area contributed by atoms with Crippen molar-refractivity contribution in [1.82, 2.24) is 0 Å². The van der Waals surface area contributed by atoms with Gasteiger partial charge in [-0.3, -0.25) is 4.79 Å². The van der Waals surface area contributed by atoms with E-state index in [4.69, 9.17) is 11.6 Å². The molecule has 0 fully saturated rings. The maximum absolute atomic E-state index is 11.6. The quantitative estimate of drug-likeness (QED) is 0.332. The monoisotopic (exact) mass is 234 g/mol. The fourth-order valence-electron chi connectivity index (χ4n) is 1.32. The van der Waals surface area contributed by atoms with Gasteiger partial charge in [-0.2, -0.15) is 0 Å². The van der Waals surface area contributed by atoms with Crippen LogP contribution in [0, 0.1) is 11.8 Å². The average molecular weight is 235 g/mol. The summed E-state index contributed by atoms with van der Waals surface area (Å²) in [5, 5.41) is 0.468. The molecular weight excluding hydrogens is 220 g/mol. The van der Waals surface area contributed by atoms with Crippen molar-refractivity contribution in [2.24, 2.45) is 0 Å². The summed E-state index contributed by atoms with van der Waals surface area (Å²) in [7, 11) is 0. The Morgan fingerprint density at radius 2 is 2.06 bits per heavy atom. The Labute approximate surface area is 102 Å². The highest BCUT2D eigenvalue weighted by molar-refractivity contribution is 6.35. The minimum atomic E-state index is -0.193.